The summed E-state index contributed by atoms with van der Waals surface area (Å²) in [6, 6.07) is -0.114. The molecule has 1 atom stereocenters. The molecule has 1 aliphatic heterocycles. The Balaban J connectivity index is 1.93. The fraction of sp³-hybridized carbons (Fsp3) is 0.867. The predicted octanol–water partition coefficient (Wildman–Crippen LogP) is 1.84. The summed E-state index contributed by atoms with van der Waals surface area (Å²) >= 11 is 0. The van der Waals surface area contributed by atoms with E-state index in [0.29, 0.717) is 19.1 Å². The Morgan fingerprint density at radius 3 is 2.67 bits per heavy atom. The number of likely N-dealkylation sites (tertiary alicyclic amines) is 1. The second kappa shape index (κ2) is 7.11. The molecule has 1 saturated carbocycles. The molecule has 2 rings (SSSR count). The van der Waals surface area contributed by atoms with E-state index in [-0.39, 0.29) is 12.5 Å². The Morgan fingerprint density at radius 2 is 2.05 bits per heavy atom. The third kappa shape index (κ3) is 4.33. The van der Waals surface area contributed by atoms with Gasteiger partial charge in [-0.15, -0.1) is 0 Å². The average Bonchev–Trinajstić information content (AvgIpc) is 2.88. The van der Waals surface area contributed by atoms with Crippen molar-refractivity contribution in [1.82, 2.24) is 10.2 Å². The fourth-order valence-corrected chi connectivity index (χ4v) is 3.56. The van der Waals surface area contributed by atoms with Gasteiger partial charge in [-0.1, -0.05) is 19.3 Å². The van der Waals surface area contributed by atoms with Crippen LogP contribution in [0, 0.1) is 5.92 Å². The number of hydrogen-bond donors (Lipinski definition) is 2. The molecule has 2 fully saturated rings. The van der Waals surface area contributed by atoms with Crippen molar-refractivity contribution in [3.05, 3.63) is 0 Å². The second-order valence-electron chi connectivity index (χ2n) is 6.40. The van der Waals surface area contributed by atoms with Gasteiger partial charge in [-0.2, -0.15) is 0 Å². The zero-order valence-electron chi connectivity index (χ0n) is 12.8. The fourth-order valence-electron chi connectivity index (χ4n) is 3.56. The van der Waals surface area contributed by atoms with Gasteiger partial charge in [0.25, 0.3) is 0 Å². The molecule has 2 aliphatic rings. The van der Waals surface area contributed by atoms with Crippen molar-refractivity contribution in [3.8, 4) is 0 Å². The number of carboxylic acids is 1. The first-order chi connectivity index (χ1) is 10.0. The number of hydrogen-bond acceptors (Lipinski definition) is 3. The molecule has 6 nitrogen and oxygen atoms in total. The predicted molar refractivity (Wildman–Crippen MR) is 78.2 cm³/mol. The second-order valence-corrected chi connectivity index (χ2v) is 6.40. The summed E-state index contributed by atoms with van der Waals surface area (Å²) in [7, 11) is 1.67. The number of amides is 2. The van der Waals surface area contributed by atoms with Crippen LogP contribution in [0.2, 0.25) is 0 Å². The van der Waals surface area contributed by atoms with E-state index in [9.17, 15) is 9.59 Å². The van der Waals surface area contributed by atoms with E-state index < -0.39 is 11.5 Å². The maximum Gasteiger partial charge on any atom is 0.317 e. The molecule has 1 aliphatic carbocycles. The average molecular weight is 298 g/mol. The molecule has 0 spiro atoms. The van der Waals surface area contributed by atoms with Gasteiger partial charge in [-0.05, 0) is 19.3 Å². The maximum atomic E-state index is 12.4. The number of rotatable bonds is 5. The van der Waals surface area contributed by atoms with Gasteiger partial charge in [0, 0.05) is 26.1 Å². The van der Waals surface area contributed by atoms with Gasteiger partial charge in [-0.3, -0.25) is 4.79 Å². The molecule has 0 aromatic carbocycles. The highest BCUT2D eigenvalue weighted by Crippen LogP contribution is 2.31. The maximum absolute atomic E-state index is 12.4. The standard InChI is InChI=1S/C15H26N2O4/c1-21-11-12-5-8-17(10-12)14(20)16-15(9-13(18)19)6-3-2-4-7-15/h12H,2-11H2,1H3,(H,16,20)(H,18,19). The molecule has 2 N–H and O–H groups in total. The number of methoxy groups -OCH3 is 1. The van der Waals surface area contributed by atoms with Gasteiger partial charge in [0.15, 0.2) is 0 Å². The molecule has 120 valence electrons. The van der Waals surface area contributed by atoms with Crippen LogP contribution in [-0.4, -0.2) is 54.4 Å². The zero-order valence-corrected chi connectivity index (χ0v) is 12.8. The minimum absolute atomic E-state index is 0.0219. The summed E-state index contributed by atoms with van der Waals surface area (Å²) < 4.78 is 5.14. The summed E-state index contributed by atoms with van der Waals surface area (Å²) in [6.45, 7) is 2.09. The Bertz CT molecular complexity index is 380. The van der Waals surface area contributed by atoms with Gasteiger partial charge in [0.05, 0.1) is 18.6 Å². The number of urea groups is 1. The summed E-state index contributed by atoms with van der Waals surface area (Å²) in [5.41, 5.74) is -0.555. The van der Waals surface area contributed by atoms with E-state index in [4.69, 9.17) is 9.84 Å². The van der Waals surface area contributed by atoms with Gasteiger partial charge < -0.3 is 20.1 Å². The van der Waals surface area contributed by atoms with Crippen LogP contribution in [0.3, 0.4) is 0 Å². The number of nitrogens with one attached hydrogen (secondary N) is 1. The minimum atomic E-state index is -0.837. The topological polar surface area (TPSA) is 78.9 Å². The Kier molecular flexibility index (Phi) is 5.45. The monoisotopic (exact) mass is 298 g/mol. The molecular formula is C15H26N2O4. The molecule has 1 heterocycles. The number of nitrogens with zero attached hydrogens (tertiary/aromatic N) is 1. The lowest BCUT2D eigenvalue weighted by atomic mass is 9.79. The van der Waals surface area contributed by atoms with Crippen LogP contribution in [0.25, 0.3) is 0 Å². The minimum Gasteiger partial charge on any atom is -0.481 e. The molecule has 1 unspecified atom stereocenters. The molecule has 21 heavy (non-hydrogen) atoms. The molecule has 0 aromatic heterocycles. The van der Waals surface area contributed by atoms with Crippen LogP contribution in [0.4, 0.5) is 4.79 Å². The number of carboxylic acid groups (broad SMARTS) is 1. The summed E-state index contributed by atoms with van der Waals surface area (Å²) in [6.07, 6.45) is 5.60. The van der Waals surface area contributed by atoms with Crippen LogP contribution in [0.5, 0.6) is 0 Å². The van der Waals surface area contributed by atoms with Crippen LogP contribution in [-0.2, 0) is 9.53 Å². The smallest absolute Gasteiger partial charge is 0.317 e. The largest absolute Gasteiger partial charge is 0.481 e. The Labute approximate surface area is 125 Å². The molecular weight excluding hydrogens is 272 g/mol. The summed E-state index contributed by atoms with van der Waals surface area (Å²) in [4.78, 5) is 25.4. The molecule has 1 saturated heterocycles. The zero-order chi connectivity index (χ0) is 15.3. The highest BCUT2D eigenvalue weighted by Gasteiger charge is 2.38. The first kappa shape index (κ1) is 16.1. The van der Waals surface area contributed by atoms with Gasteiger partial charge >= 0.3 is 12.0 Å². The van der Waals surface area contributed by atoms with Crippen molar-refractivity contribution < 1.29 is 19.4 Å². The van der Waals surface area contributed by atoms with Crippen LogP contribution < -0.4 is 5.32 Å². The first-order valence-corrected chi connectivity index (χ1v) is 7.82. The van der Waals surface area contributed by atoms with Crippen molar-refractivity contribution in [2.75, 3.05) is 26.8 Å². The quantitative estimate of drug-likeness (QED) is 0.812. The van der Waals surface area contributed by atoms with Gasteiger partial charge in [0.1, 0.15) is 0 Å². The third-order valence-electron chi connectivity index (χ3n) is 4.65. The lowest BCUT2D eigenvalue weighted by Gasteiger charge is -2.38. The number of carbonyl (C=O) groups excluding carboxylic acids is 1. The van der Waals surface area contributed by atoms with E-state index in [0.717, 1.165) is 45.1 Å². The lowest BCUT2D eigenvalue weighted by Crippen LogP contribution is -2.54. The van der Waals surface area contributed by atoms with E-state index in [1.165, 1.54) is 0 Å². The van der Waals surface area contributed by atoms with E-state index in [2.05, 4.69) is 5.32 Å². The van der Waals surface area contributed by atoms with Crippen molar-refractivity contribution >= 4 is 12.0 Å². The molecule has 0 radical (unpaired) electrons. The van der Waals surface area contributed by atoms with Crippen molar-refractivity contribution in [3.63, 3.8) is 0 Å². The van der Waals surface area contributed by atoms with Gasteiger partial charge in [0.2, 0.25) is 0 Å². The van der Waals surface area contributed by atoms with E-state index in [1.807, 2.05) is 0 Å². The highest BCUT2D eigenvalue weighted by molar-refractivity contribution is 5.77. The van der Waals surface area contributed by atoms with Gasteiger partial charge in [-0.25, -0.2) is 4.79 Å². The summed E-state index contributed by atoms with van der Waals surface area (Å²) in [5.74, 6) is -0.446. The SMILES string of the molecule is COCC1CCN(C(=O)NC2(CC(=O)O)CCCCC2)C1. The van der Waals surface area contributed by atoms with Crippen LogP contribution in [0.15, 0.2) is 0 Å². The van der Waals surface area contributed by atoms with E-state index >= 15 is 0 Å². The first-order valence-electron chi connectivity index (χ1n) is 7.82. The Hall–Kier alpha value is -1.30. The summed E-state index contributed by atoms with van der Waals surface area (Å²) in [5, 5.41) is 12.2. The van der Waals surface area contributed by atoms with Crippen molar-refractivity contribution in [2.45, 2.75) is 50.5 Å². The molecule has 0 bridgehead atoms. The lowest BCUT2D eigenvalue weighted by molar-refractivity contribution is -0.139. The third-order valence-corrected chi connectivity index (χ3v) is 4.65. The molecule has 6 heteroatoms. The number of aliphatic carboxylic acids is 1. The Morgan fingerprint density at radius 1 is 1.33 bits per heavy atom. The van der Waals surface area contributed by atoms with E-state index in [1.54, 1.807) is 12.0 Å². The molecule has 0 aromatic rings. The highest BCUT2D eigenvalue weighted by atomic mass is 16.5. The number of ether oxygens (including phenoxy) is 1. The number of carbonyl (C=O) groups is 2. The van der Waals surface area contributed by atoms with Crippen molar-refractivity contribution in [1.29, 1.82) is 0 Å². The van der Waals surface area contributed by atoms with Crippen LogP contribution >= 0.6 is 0 Å². The van der Waals surface area contributed by atoms with Crippen LogP contribution in [0.1, 0.15) is 44.9 Å². The molecule has 2 amide bonds. The normalized spacial score (nSPS) is 24.8. The van der Waals surface area contributed by atoms with Crippen molar-refractivity contribution in [2.24, 2.45) is 5.92 Å².